The topological polar surface area (TPSA) is 33.1 Å². The maximum atomic E-state index is 10.6. The summed E-state index contributed by atoms with van der Waals surface area (Å²) in [7, 11) is 0. The predicted octanol–water partition coefficient (Wildman–Crippen LogP) is 4.44. The number of aromatic nitrogens is 1. The molecule has 1 heterocycles. The molecule has 2 nitrogen and oxygen atoms in total. The summed E-state index contributed by atoms with van der Waals surface area (Å²) in [5.41, 5.74) is -0.134. The van der Waals surface area contributed by atoms with Gasteiger partial charge in [-0.2, -0.15) is 0 Å². The van der Waals surface area contributed by atoms with Gasteiger partial charge < -0.3 is 5.11 Å². The van der Waals surface area contributed by atoms with Gasteiger partial charge in [0.25, 0.3) is 0 Å². The van der Waals surface area contributed by atoms with Gasteiger partial charge in [-0.25, -0.2) is 4.98 Å². The molecule has 0 aliphatic rings. The zero-order valence-corrected chi connectivity index (χ0v) is 14.3. The zero-order valence-electron chi connectivity index (χ0n) is 12.7. The lowest BCUT2D eigenvalue weighted by Gasteiger charge is -2.35. The summed E-state index contributed by atoms with van der Waals surface area (Å²) in [6.07, 6.45) is 1.41. The number of thioether (sulfide) groups is 2. The number of rotatable bonds is 4. The molecular weight excluding hydrogens is 274 g/mol. The summed E-state index contributed by atoms with van der Waals surface area (Å²) in [5, 5.41) is 11.6. The Kier molecular flexibility index (Phi) is 5.78. The summed E-state index contributed by atoms with van der Waals surface area (Å²) in [6, 6.07) is 5.89. The van der Waals surface area contributed by atoms with Crippen LogP contribution in [0.15, 0.2) is 29.4 Å². The Morgan fingerprint density at radius 1 is 1.11 bits per heavy atom. The van der Waals surface area contributed by atoms with E-state index in [9.17, 15) is 5.11 Å². The molecule has 19 heavy (non-hydrogen) atoms. The highest BCUT2D eigenvalue weighted by Crippen LogP contribution is 2.43. The fourth-order valence-electron chi connectivity index (χ4n) is 1.45. The summed E-state index contributed by atoms with van der Waals surface area (Å²) >= 11 is 3.46. The molecule has 4 heteroatoms. The highest BCUT2D eigenvalue weighted by Gasteiger charge is 2.34. The highest BCUT2D eigenvalue weighted by molar-refractivity contribution is 8.17. The fourth-order valence-corrected chi connectivity index (χ4v) is 5.09. The van der Waals surface area contributed by atoms with E-state index in [0.717, 1.165) is 5.03 Å². The monoisotopic (exact) mass is 299 g/mol. The van der Waals surface area contributed by atoms with Crippen LogP contribution < -0.4 is 0 Å². The molecule has 1 aromatic rings. The smallest absolute Gasteiger partial charge is 0.0971 e. The molecule has 1 rings (SSSR count). The van der Waals surface area contributed by atoms with Gasteiger partial charge in [0.2, 0.25) is 0 Å². The number of aliphatic hydroxyl groups is 1. The second-order valence-corrected chi connectivity index (χ2v) is 10.1. The Morgan fingerprint density at radius 3 is 2.16 bits per heavy atom. The minimum atomic E-state index is -0.385. The Bertz CT molecular complexity index is 381. The molecule has 0 unspecified atom stereocenters. The number of pyridine rings is 1. The highest BCUT2D eigenvalue weighted by atomic mass is 32.2. The van der Waals surface area contributed by atoms with Crippen molar-refractivity contribution in [1.29, 1.82) is 0 Å². The quantitative estimate of drug-likeness (QED) is 0.658. The maximum Gasteiger partial charge on any atom is 0.0971 e. The van der Waals surface area contributed by atoms with E-state index < -0.39 is 0 Å². The zero-order chi connectivity index (χ0) is 14.7. The Hall–Kier alpha value is -0.190. The minimum absolute atomic E-state index is 0.0786. The molecule has 108 valence electrons. The van der Waals surface area contributed by atoms with Crippen LogP contribution in [0.25, 0.3) is 0 Å². The number of aliphatic hydroxyl groups excluding tert-OH is 1. The molecule has 0 amide bonds. The van der Waals surface area contributed by atoms with Gasteiger partial charge in [-0.3, -0.25) is 0 Å². The molecule has 0 aliphatic heterocycles. The second kappa shape index (κ2) is 6.51. The minimum Gasteiger partial charge on any atom is -0.391 e. The molecule has 0 fully saturated rings. The van der Waals surface area contributed by atoms with E-state index in [4.69, 9.17) is 0 Å². The standard InChI is InChI=1S/C15H25NOS2/c1-14(2,3)12(17)13(19-15(4,5)6)18-11-9-7-8-10-16-11/h7-10,12-13,17H,1-6H3/t12-,13+/m1/s1. The molecule has 0 radical (unpaired) electrons. The van der Waals surface area contributed by atoms with E-state index in [1.54, 1.807) is 29.7 Å². The Morgan fingerprint density at radius 2 is 1.74 bits per heavy atom. The van der Waals surface area contributed by atoms with Gasteiger partial charge in [-0.15, -0.1) is 11.8 Å². The first-order valence-corrected chi connectivity index (χ1v) is 8.29. The van der Waals surface area contributed by atoms with Crippen molar-refractivity contribution in [3.05, 3.63) is 24.4 Å². The lowest BCUT2D eigenvalue weighted by molar-refractivity contribution is 0.0775. The molecule has 1 N–H and O–H groups in total. The van der Waals surface area contributed by atoms with Crippen LogP contribution in [-0.4, -0.2) is 25.5 Å². The molecule has 0 bridgehead atoms. The molecule has 2 atom stereocenters. The number of nitrogens with zero attached hydrogens (tertiary/aromatic N) is 1. The van der Waals surface area contributed by atoms with Crippen LogP contribution in [0.5, 0.6) is 0 Å². The summed E-state index contributed by atoms with van der Waals surface area (Å²) in [5.74, 6) is 0. The number of hydrogen-bond donors (Lipinski definition) is 1. The molecule has 0 spiro atoms. The van der Waals surface area contributed by atoms with Crippen molar-refractivity contribution >= 4 is 23.5 Å². The molecule has 0 aliphatic carbocycles. The third-order valence-electron chi connectivity index (χ3n) is 2.49. The third kappa shape index (κ3) is 6.19. The fraction of sp³-hybridized carbons (Fsp3) is 0.667. The van der Waals surface area contributed by atoms with E-state index in [-0.39, 0.29) is 20.8 Å². The second-order valence-electron chi connectivity index (χ2n) is 6.70. The van der Waals surface area contributed by atoms with Crippen molar-refractivity contribution in [3.63, 3.8) is 0 Å². The predicted molar refractivity (Wildman–Crippen MR) is 86.7 cm³/mol. The maximum absolute atomic E-state index is 10.6. The Balaban J connectivity index is 2.87. The summed E-state index contributed by atoms with van der Waals surface area (Å²) in [4.78, 5) is 4.35. The van der Waals surface area contributed by atoms with Crippen LogP contribution in [0.1, 0.15) is 41.5 Å². The van der Waals surface area contributed by atoms with Crippen LogP contribution in [0.3, 0.4) is 0 Å². The normalized spacial score (nSPS) is 16.2. The SMILES string of the molecule is CC(C)(C)S[C@H](Sc1ccccn1)[C@@H](O)C(C)(C)C. The van der Waals surface area contributed by atoms with Crippen LogP contribution in [0.4, 0.5) is 0 Å². The van der Waals surface area contributed by atoms with Crippen LogP contribution in [-0.2, 0) is 0 Å². The lowest BCUT2D eigenvalue weighted by Crippen LogP contribution is -2.36. The lowest BCUT2D eigenvalue weighted by atomic mass is 9.90. The molecule has 0 saturated carbocycles. The molecule has 1 aromatic heterocycles. The Labute approximate surface area is 125 Å². The van der Waals surface area contributed by atoms with Gasteiger partial charge in [-0.05, 0) is 17.5 Å². The van der Waals surface area contributed by atoms with E-state index in [1.807, 2.05) is 18.2 Å². The van der Waals surface area contributed by atoms with Gasteiger partial charge in [-0.1, -0.05) is 59.4 Å². The van der Waals surface area contributed by atoms with Crippen molar-refractivity contribution in [3.8, 4) is 0 Å². The van der Waals surface area contributed by atoms with Crippen molar-refractivity contribution in [1.82, 2.24) is 4.98 Å². The van der Waals surface area contributed by atoms with Gasteiger partial charge in [0, 0.05) is 10.9 Å². The summed E-state index contributed by atoms with van der Waals surface area (Å²) < 4.78 is 0.188. The number of hydrogen-bond acceptors (Lipinski definition) is 4. The van der Waals surface area contributed by atoms with Gasteiger partial charge in [0.1, 0.15) is 0 Å². The van der Waals surface area contributed by atoms with Crippen molar-refractivity contribution in [2.45, 2.75) is 62.0 Å². The average Bonchev–Trinajstić information content (AvgIpc) is 2.25. The van der Waals surface area contributed by atoms with Gasteiger partial charge in [0.15, 0.2) is 0 Å². The van der Waals surface area contributed by atoms with E-state index in [0.29, 0.717) is 0 Å². The first-order chi connectivity index (χ1) is 8.59. The molecular formula is C15H25NOS2. The van der Waals surface area contributed by atoms with Gasteiger partial charge >= 0.3 is 0 Å². The van der Waals surface area contributed by atoms with Crippen LogP contribution >= 0.6 is 23.5 Å². The largest absolute Gasteiger partial charge is 0.391 e. The average molecular weight is 300 g/mol. The van der Waals surface area contributed by atoms with E-state index in [2.05, 4.69) is 46.5 Å². The first kappa shape index (κ1) is 16.9. The van der Waals surface area contributed by atoms with Crippen molar-refractivity contribution in [2.24, 2.45) is 5.41 Å². The third-order valence-corrected chi connectivity index (χ3v) is 5.24. The first-order valence-electron chi connectivity index (χ1n) is 6.53. The van der Waals surface area contributed by atoms with E-state index >= 15 is 0 Å². The van der Waals surface area contributed by atoms with Gasteiger partial charge in [0.05, 0.1) is 15.7 Å². The summed E-state index contributed by atoms with van der Waals surface area (Å²) in [6.45, 7) is 12.8. The van der Waals surface area contributed by atoms with Crippen molar-refractivity contribution < 1.29 is 5.11 Å². The van der Waals surface area contributed by atoms with Crippen LogP contribution in [0, 0.1) is 5.41 Å². The van der Waals surface area contributed by atoms with Crippen LogP contribution in [0.2, 0.25) is 0 Å². The molecule has 0 aromatic carbocycles. The van der Waals surface area contributed by atoms with Crippen molar-refractivity contribution in [2.75, 3.05) is 0 Å². The molecule has 0 saturated heterocycles. The van der Waals surface area contributed by atoms with E-state index in [1.165, 1.54) is 0 Å².